The van der Waals surface area contributed by atoms with Gasteiger partial charge in [0.05, 0.1) is 0 Å². The standard InChI is InChI=1S/C8H6N4.C2H6/c1-2-4-7(5-3-1)8-11-9-6-10-12-8;1-2/h1-6H;1-2H3. The lowest BCUT2D eigenvalue weighted by Gasteiger charge is -1.93. The smallest absolute Gasteiger partial charge is 0.135 e. The minimum atomic E-state index is 0.554. The summed E-state index contributed by atoms with van der Waals surface area (Å²) in [6.07, 6.45) is 1.31. The number of aromatic nitrogens is 4. The van der Waals surface area contributed by atoms with Crippen LogP contribution in [0, 0.1) is 0 Å². The van der Waals surface area contributed by atoms with Crippen molar-refractivity contribution in [3.63, 3.8) is 0 Å². The van der Waals surface area contributed by atoms with Crippen molar-refractivity contribution in [2.45, 2.75) is 13.8 Å². The van der Waals surface area contributed by atoms with E-state index in [9.17, 15) is 0 Å². The third kappa shape index (κ3) is 2.58. The van der Waals surface area contributed by atoms with Crippen molar-refractivity contribution in [1.82, 2.24) is 20.4 Å². The number of rotatable bonds is 1. The fraction of sp³-hybridized carbons (Fsp3) is 0.200. The molecule has 0 N–H and O–H groups in total. The molecule has 72 valence electrons. The van der Waals surface area contributed by atoms with Crippen LogP contribution in [0.4, 0.5) is 0 Å². The molecule has 0 unspecified atom stereocenters. The Morgan fingerprint density at radius 1 is 0.857 bits per heavy atom. The molecule has 0 radical (unpaired) electrons. The summed E-state index contributed by atoms with van der Waals surface area (Å²) in [6, 6.07) is 9.61. The van der Waals surface area contributed by atoms with Gasteiger partial charge in [0, 0.05) is 5.56 Å². The zero-order valence-corrected chi connectivity index (χ0v) is 8.25. The van der Waals surface area contributed by atoms with Gasteiger partial charge in [0.2, 0.25) is 5.82 Å². The fourth-order valence-corrected chi connectivity index (χ4v) is 0.907. The molecule has 2 rings (SSSR count). The van der Waals surface area contributed by atoms with E-state index in [4.69, 9.17) is 0 Å². The van der Waals surface area contributed by atoms with Gasteiger partial charge in [-0.25, -0.2) is 0 Å². The average Bonchev–Trinajstić information content (AvgIpc) is 2.34. The average molecular weight is 188 g/mol. The van der Waals surface area contributed by atoms with Crippen LogP contribution in [0.5, 0.6) is 0 Å². The molecular formula is C10H12N4. The molecule has 0 aliphatic carbocycles. The van der Waals surface area contributed by atoms with Gasteiger partial charge in [-0.2, -0.15) is 0 Å². The van der Waals surface area contributed by atoms with Crippen LogP contribution < -0.4 is 0 Å². The molecular weight excluding hydrogens is 176 g/mol. The molecule has 0 saturated heterocycles. The third-order valence-electron chi connectivity index (χ3n) is 1.44. The van der Waals surface area contributed by atoms with Crippen LogP contribution in [-0.4, -0.2) is 20.4 Å². The molecule has 14 heavy (non-hydrogen) atoms. The molecule has 0 saturated carbocycles. The quantitative estimate of drug-likeness (QED) is 0.686. The van der Waals surface area contributed by atoms with Gasteiger partial charge in [-0.15, -0.1) is 20.4 Å². The number of benzene rings is 1. The summed E-state index contributed by atoms with van der Waals surface area (Å²) in [6.45, 7) is 4.00. The number of hydrogen-bond acceptors (Lipinski definition) is 4. The molecule has 0 fully saturated rings. The Morgan fingerprint density at radius 2 is 1.43 bits per heavy atom. The van der Waals surface area contributed by atoms with Crippen LogP contribution in [0.25, 0.3) is 11.4 Å². The van der Waals surface area contributed by atoms with Crippen molar-refractivity contribution in [3.8, 4) is 11.4 Å². The summed E-state index contributed by atoms with van der Waals surface area (Å²) in [7, 11) is 0. The van der Waals surface area contributed by atoms with Crippen molar-refractivity contribution >= 4 is 0 Å². The Balaban J connectivity index is 0.000000461. The third-order valence-corrected chi connectivity index (χ3v) is 1.44. The largest absolute Gasteiger partial charge is 0.203 e. The highest BCUT2D eigenvalue weighted by Gasteiger charge is 1.97. The van der Waals surface area contributed by atoms with E-state index in [2.05, 4.69) is 20.4 Å². The zero-order valence-electron chi connectivity index (χ0n) is 8.25. The summed E-state index contributed by atoms with van der Waals surface area (Å²) in [4.78, 5) is 0. The minimum Gasteiger partial charge on any atom is -0.135 e. The van der Waals surface area contributed by atoms with Gasteiger partial charge in [-0.3, -0.25) is 0 Å². The van der Waals surface area contributed by atoms with Crippen molar-refractivity contribution in [1.29, 1.82) is 0 Å². The van der Waals surface area contributed by atoms with E-state index in [1.54, 1.807) is 0 Å². The van der Waals surface area contributed by atoms with Gasteiger partial charge >= 0.3 is 0 Å². The molecule has 4 heteroatoms. The highest BCUT2D eigenvalue weighted by Crippen LogP contribution is 2.10. The molecule has 0 aliphatic rings. The summed E-state index contributed by atoms with van der Waals surface area (Å²) >= 11 is 0. The molecule has 0 spiro atoms. The van der Waals surface area contributed by atoms with E-state index in [-0.39, 0.29) is 0 Å². The first-order valence-corrected chi connectivity index (χ1v) is 4.52. The maximum absolute atomic E-state index is 3.83. The molecule has 2 aromatic rings. The second-order valence-corrected chi connectivity index (χ2v) is 2.24. The lowest BCUT2D eigenvalue weighted by Crippen LogP contribution is -1.92. The predicted molar refractivity (Wildman–Crippen MR) is 54.4 cm³/mol. The second kappa shape index (κ2) is 5.75. The van der Waals surface area contributed by atoms with E-state index in [0.29, 0.717) is 5.82 Å². The molecule has 4 nitrogen and oxygen atoms in total. The first-order chi connectivity index (χ1) is 6.97. The Morgan fingerprint density at radius 3 is 2.00 bits per heavy atom. The first-order valence-electron chi connectivity index (χ1n) is 4.52. The maximum Gasteiger partial charge on any atom is 0.203 e. The maximum atomic E-state index is 3.83. The van der Waals surface area contributed by atoms with Crippen molar-refractivity contribution in [2.75, 3.05) is 0 Å². The van der Waals surface area contributed by atoms with E-state index >= 15 is 0 Å². The Labute approximate surface area is 83.0 Å². The Hall–Kier alpha value is -1.84. The normalized spacial score (nSPS) is 8.71. The van der Waals surface area contributed by atoms with Gasteiger partial charge in [-0.05, 0) is 0 Å². The van der Waals surface area contributed by atoms with Crippen LogP contribution in [0.1, 0.15) is 13.8 Å². The second-order valence-electron chi connectivity index (χ2n) is 2.24. The van der Waals surface area contributed by atoms with Crippen LogP contribution in [-0.2, 0) is 0 Å². The van der Waals surface area contributed by atoms with Gasteiger partial charge in [0.15, 0.2) is 6.33 Å². The highest BCUT2D eigenvalue weighted by atomic mass is 15.3. The summed E-state index contributed by atoms with van der Waals surface area (Å²) in [5, 5.41) is 14.9. The van der Waals surface area contributed by atoms with Crippen molar-refractivity contribution in [2.24, 2.45) is 0 Å². The Bertz CT molecular complexity index is 310. The molecule has 0 atom stereocenters. The summed E-state index contributed by atoms with van der Waals surface area (Å²) < 4.78 is 0. The van der Waals surface area contributed by atoms with E-state index in [1.165, 1.54) is 6.33 Å². The first kappa shape index (κ1) is 10.2. The minimum absolute atomic E-state index is 0.554. The molecule has 1 aromatic carbocycles. The summed E-state index contributed by atoms with van der Waals surface area (Å²) in [5.74, 6) is 0.554. The molecule has 0 amide bonds. The SMILES string of the molecule is CC.c1ccc(-c2nncnn2)cc1. The number of hydrogen-bond donors (Lipinski definition) is 0. The molecule has 1 heterocycles. The Kier molecular flexibility index (Phi) is 4.20. The van der Waals surface area contributed by atoms with E-state index in [0.717, 1.165) is 5.56 Å². The van der Waals surface area contributed by atoms with Gasteiger partial charge < -0.3 is 0 Å². The van der Waals surface area contributed by atoms with Gasteiger partial charge in [0.25, 0.3) is 0 Å². The highest BCUT2D eigenvalue weighted by molar-refractivity contribution is 5.52. The molecule has 0 bridgehead atoms. The lowest BCUT2D eigenvalue weighted by atomic mass is 10.2. The van der Waals surface area contributed by atoms with Crippen molar-refractivity contribution < 1.29 is 0 Å². The fourth-order valence-electron chi connectivity index (χ4n) is 0.907. The lowest BCUT2D eigenvalue weighted by molar-refractivity contribution is 0.864. The van der Waals surface area contributed by atoms with E-state index in [1.807, 2.05) is 44.2 Å². The van der Waals surface area contributed by atoms with Crippen molar-refractivity contribution in [3.05, 3.63) is 36.7 Å². The molecule has 1 aromatic heterocycles. The summed E-state index contributed by atoms with van der Waals surface area (Å²) in [5.41, 5.74) is 0.929. The predicted octanol–water partition coefficient (Wildman–Crippen LogP) is 1.96. The monoisotopic (exact) mass is 188 g/mol. The van der Waals surface area contributed by atoms with Crippen LogP contribution in [0.3, 0.4) is 0 Å². The zero-order chi connectivity index (χ0) is 10.2. The van der Waals surface area contributed by atoms with Gasteiger partial charge in [0.1, 0.15) is 0 Å². The molecule has 0 aliphatic heterocycles. The van der Waals surface area contributed by atoms with Crippen LogP contribution in [0.2, 0.25) is 0 Å². The van der Waals surface area contributed by atoms with Crippen LogP contribution >= 0.6 is 0 Å². The topological polar surface area (TPSA) is 51.6 Å². The van der Waals surface area contributed by atoms with Crippen LogP contribution in [0.15, 0.2) is 36.7 Å². The number of nitrogens with zero attached hydrogens (tertiary/aromatic N) is 4. The van der Waals surface area contributed by atoms with Gasteiger partial charge in [-0.1, -0.05) is 44.2 Å². The van der Waals surface area contributed by atoms with E-state index < -0.39 is 0 Å².